The molecule has 0 aliphatic carbocycles. The highest BCUT2D eigenvalue weighted by Gasteiger charge is 2.12. The van der Waals surface area contributed by atoms with Gasteiger partial charge < -0.3 is 14.8 Å². The summed E-state index contributed by atoms with van der Waals surface area (Å²) in [6.07, 6.45) is 3.82. The van der Waals surface area contributed by atoms with Crippen molar-refractivity contribution < 1.29 is 9.47 Å². The molecule has 100 valence electrons. The highest BCUT2D eigenvalue weighted by molar-refractivity contribution is 5.26. The molecule has 1 fully saturated rings. The highest BCUT2D eigenvalue weighted by Crippen LogP contribution is 2.15. The number of ether oxygens (including phenoxy) is 2. The first kappa shape index (κ1) is 13.4. The predicted molar refractivity (Wildman–Crippen MR) is 72.9 cm³/mol. The number of nitrogens with one attached hydrogen (secondary N) is 1. The molecule has 1 aliphatic rings. The van der Waals surface area contributed by atoms with Gasteiger partial charge in [0.1, 0.15) is 5.75 Å². The molecule has 1 N–H and O–H groups in total. The second-order valence-corrected chi connectivity index (χ2v) is 4.90. The highest BCUT2D eigenvalue weighted by atomic mass is 16.5. The Morgan fingerprint density at radius 3 is 2.78 bits per heavy atom. The van der Waals surface area contributed by atoms with Gasteiger partial charge in [-0.2, -0.15) is 0 Å². The largest absolute Gasteiger partial charge is 0.497 e. The standard InChI is InChI=1S/C15H23NO2/c1-17-15-6-4-14(5-7-15)12-18-10-8-13-3-2-9-16-11-13/h4-7,13,16H,2-3,8-12H2,1H3/t13-/m1/s1. The monoisotopic (exact) mass is 249 g/mol. The lowest BCUT2D eigenvalue weighted by atomic mass is 9.97. The fraction of sp³-hybridized carbons (Fsp3) is 0.600. The van der Waals surface area contributed by atoms with Crippen molar-refractivity contribution in [1.82, 2.24) is 5.32 Å². The number of methoxy groups -OCH3 is 1. The molecule has 0 saturated carbocycles. The molecule has 2 rings (SSSR count). The molecule has 1 aliphatic heterocycles. The van der Waals surface area contributed by atoms with Gasteiger partial charge in [0.15, 0.2) is 0 Å². The smallest absolute Gasteiger partial charge is 0.118 e. The normalized spacial score (nSPS) is 19.7. The fourth-order valence-corrected chi connectivity index (χ4v) is 2.33. The molecule has 1 aromatic carbocycles. The van der Waals surface area contributed by atoms with E-state index in [-0.39, 0.29) is 0 Å². The van der Waals surface area contributed by atoms with Crippen LogP contribution in [0.3, 0.4) is 0 Å². The third kappa shape index (κ3) is 4.31. The van der Waals surface area contributed by atoms with Crippen molar-refractivity contribution in [2.75, 3.05) is 26.8 Å². The van der Waals surface area contributed by atoms with Crippen molar-refractivity contribution in [2.45, 2.75) is 25.9 Å². The van der Waals surface area contributed by atoms with E-state index >= 15 is 0 Å². The SMILES string of the molecule is COc1ccc(COCC[C@H]2CCCNC2)cc1. The molecule has 3 nitrogen and oxygen atoms in total. The van der Waals surface area contributed by atoms with E-state index in [1.807, 2.05) is 12.1 Å². The molecular weight excluding hydrogens is 226 g/mol. The van der Waals surface area contributed by atoms with E-state index in [0.29, 0.717) is 6.61 Å². The van der Waals surface area contributed by atoms with Gasteiger partial charge in [0, 0.05) is 6.61 Å². The zero-order valence-electron chi connectivity index (χ0n) is 11.2. The molecule has 1 heterocycles. The van der Waals surface area contributed by atoms with Crippen molar-refractivity contribution in [1.29, 1.82) is 0 Å². The Morgan fingerprint density at radius 2 is 2.11 bits per heavy atom. The second-order valence-electron chi connectivity index (χ2n) is 4.90. The summed E-state index contributed by atoms with van der Waals surface area (Å²) in [5, 5.41) is 3.44. The Balaban J connectivity index is 1.62. The quantitative estimate of drug-likeness (QED) is 0.786. The molecule has 3 heteroatoms. The van der Waals surface area contributed by atoms with E-state index in [4.69, 9.17) is 9.47 Å². The summed E-state index contributed by atoms with van der Waals surface area (Å²) in [6.45, 7) is 3.90. The van der Waals surface area contributed by atoms with Crippen LogP contribution in [-0.2, 0) is 11.3 Å². The Bertz CT molecular complexity index is 331. The Morgan fingerprint density at radius 1 is 1.28 bits per heavy atom. The number of piperidine rings is 1. The summed E-state index contributed by atoms with van der Waals surface area (Å²) in [4.78, 5) is 0. The van der Waals surface area contributed by atoms with Crippen LogP contribution in [0.5, 0.6) is 5.75 Å². The molecule has 0 unspecified atom stereocenters. The van der Waals surface area contributed by atoms with Crippen molar-refractivity contribution in [3.8, 4) is 5.75 Å². The van der Waals surface area contributed by atoms with Crippen LogP contribution >= 0.6 is 0 Å². The van der Waals surface area contributed by atoms with Crippen molar-refractivity contribution in [3.63, 3.8) is 0 Å². The minimum absolute atomic E-state index is 0.699. The lowest BCUT2D eigenvalue weighted by Gasteiger charge is -2.22. The summed E-state index contributed by atoms with van der Waals surface area (Å²) in [5.74, 6) is 1.70. The summed E-state index contributed by atoms with van der Waals surface area (Å²) in [7, 11) is 1.68. The lowest BCUT2D eigenvalue weighted by Crippen LogP contribution is -2.30. The number of benzene rings is 1. The van der Waals surface area contributed by atoms with Gasteiger partial charge in [-0.3, -0.25) is 0 Å². The maximum atomic E-state index is 5.73. The minimum Gasteiger partial charge on any atom is -0.497 e. The number of rotatable bonds is 6. The van der Waals surface area contributed by atoms with E-state index in [0.717, 1.165) is 24.8 Å². The lowest BCUT2D eigenvalue weighted by molar-refractivity contribution is 0.103. The van der Waals surface area contributed by atoms with Crippen LogP contribution in [-0.4, -0.2) is 26.8 Å². The van der Waals surface area contributed by atoms with Crippen LogP contribution in [0.2, 0.25) is 0 Å². The molecule has 1 saturated heterocycles. The number of hydrogen-bond donors (Lipinski definition) is 1. The predicted octanol–water partition coefficient (Wildman–Crippen LogP) is 2.60. The molecule has 0 bridgehead atoms. The first-order chi connectivity index (χ1) is 8.88. The van der Waals surface area contributed by atoms with Gasteiger partial charge in [-0.05, 0) is 56.0 Å². The van der Waals surface area contributed by atoms with Crippen LogP contribution < -0.4 is 10.1 Å². The van der Waals surface area contributed by atoms with Crippen LogP contribution in [0, 0.1) is 5.92 Å². The third-order valence-corrected chi connectivity index (χ3v) is 3.50. The van der Waals surface area contributed by atoms with Crippen LogP contribution in [0.1, 0.15) is 24.8 Å². The van der Waals surface area contributed by atoms with Gasteiger partial charge in [0.2, 0.25) is 0 Å². The molecular formula is C15H23NO2. The summed E-state index contributed by atoms with van der Waals surface area (Å²) in [5.41, 5.74) is 1.21. The van der Waals surface area contributed by atoms with Gasteiger partial charge in [0.05, 0.1) is 13.7 Å². The molecule has 0 radical (unpaired) electrons. The molecule has 0 aromatic heterocycles. The molecule has 1 aromatic rings. The van der Waals surface area contributed by atoms with E-state index in [2.05, 4.69) is 17.4 Å². The zero-order valence-corrected chi connectivity index (χ0v) is 11.2. The van der Waals surface area contributed by atoms with Gasteiger partial charge in [-0.25, -0.2) is 0 Å². The maximum Gasteiger partial charge on any atom is 0.118 e. The first-order valence-electron chi connectivity index (χ1n) is 6.80. The number of hydrogen-bond acceptors (Lipinski definition) is 3. The van der Waals surface area contributed by atoms with Crippen molar-refractivity contribution >= 4 is 0 Å². The Kier molecular flexibility index (Phi) is 5.49. The Labute approximate surface area is 109 Å². The van der Waals surface area contributed by atoms with Crippen LogP contribution in [0.4, 0.5) is 0 Å². The fourth-order valence-electron chi connectivity index (χ4n) is 2.33. The molecule has 0 spiro atoms. The molecule has 1 atom stereocenters. The third-order valence-electron chi connectivity index (χ3n) is 3.50. The molecule has 0 amide bonds. The summed E-state index contributed by atoms with van der Waals surface area (Å²) in [6, 6.07) is 8.06. The van der Waals surface area contributed by atoms with E-state index in [1.165, 1.54) is 31.4 Å². The van der Waals surface area contributed by atoms with E-state index in [1.54, 1.807) is 7.11 Å². The zero-order chi connectivity index (χ0) is 12.6. The first-order valence-corrected chi connectivity index (χ1v) is 6.80. The van der Waals surface area contributed by atoms with Crippen LogP contribution in [0.15, 0.2) is 24.3 Å². The van der Waals surface area contributed by atoms with Gasteiger partial charge in [0.25, 0.3) is 0 Å². The van der Waals surface area contributed by atoms with Crippen molar-refractivity contribution in [2.24, 2.45) is 5.92 Å². The average Bonchev–Trinajstić information content (AvgIpc) is 2.45. The molecule has 18 heavy (non-hydrogen) atoms. The minimum atomic E-state index is 0.699. The van der Waals surface area contributed by atoms with Gasteiger partial charge in [-0.15, -0.1) is 0 Å². The Hall–Kier alpha value is -1.06. The van der Waals surface area contributed by atoms with Crippen LogP contribution in [0.25, 0.3) is 0 Å². The van der Waals surface area contributed by atoms with E-state index < -0.39 is 0 Å². The van der Waals surface area contributed by atoms with Gasteiger partial charge >= 0.3 is 0 Å². The van der Waals surface area contributed by atoms with Gasteiger partial charge in [-0.1, -0.05) is 12.1 Å². The van der Waals surface area contributed by atoms with E-state index in [9.17, 15) is 0 Å². The van der Waals surface area contributed by atoms with Crippen molar-refractivity contribution in [3.05, 3.63) is 29.8 Å². The second kappa shape index (κ2) is 7.39. The maximum absolute atomic E-state index is 5.73. The summed E-state index contributed by atoms with van der Waals surface area (Å²) < 4.78 is 10.9. The summed E-state index contributed by atoms with van der Waals surface area (Å²) >= 11 is 0. The average molecular weight is 249 g/mol. The topological polar surface area (TPSA) is 30.5 Å².